The molecule has 0 aromatic carbocycles. The zero-order valence-electron chi connectivity index (χ0n) is 19.6. The Morgan fingerprint density at radius 2 is 1.91 bits per heavy atom. The van der Waals surface area contributed by atoms with Gasteiger partial charge in [-0.05, 0) is 99.7 Å². The molecule has 0 aromatic rings. The lowest BCUT2D eigenvalue weighted by atomic mass is 9.49. The van der Waals surface area contributed by atoms with Crippen LogP contribution in [0.2, 0.25) is 0 Å². The maximum absolute atomic E-state index is 13.4. The molecule has 5 aliphatic rings. The van der Waals surface area contributed by atoms with Crippen molar-refractivity contribution in [2.45, 2.75) is 83.7 Å². The van der Waals surface area contributed by atoms with E-state index in [1.165, 1.54) is 0 Å². The van der Waals surface area contributed by atoms with Gasteiger partial charge in [-0.15, -0.1) is 10.2 Å². The number of Topliss-reactive ketones (excluding diaryl/α,β-unsaturated/α-hetero) is 1. The monoisotopic (exact) mass is 452 g/mol. The highest BCUT2D eigenvalue weighted by Gasteiger charge is 2.59. The highest BCUT2D eigenvalue weighted by atomic mass is 19.3. The van der Waals surface area contributed by atoms with E-state index in [1.807, 2.05) is 19.0 Å². The SMILES string of the molecule is CC1=NNN(C)N1CC(=O)[C@H]1CC[C@H]2[C@@H]3CC[C@@H]4C[C@@](O)(C(F)F)CC[C@@H]4[C@H]3CC[C@]12C. The number of fused-ring (bicyclic) bond motifs is 5. The minimum atomic E-state index is -2.64. The molecular formula is C24H38F2N4O2. The highest BCUT2D eigenvalue weighted by Crippen LogP contribution is 2.64. The molecule has 2 N–H and O–H groups in total. The molecule has 1 aliphatic heterocycles. The number of alkyl halides is 2. The third-order valence-electron chi connectivity index (χ3n) is 10.2. The molecule has 6 nitrogen and oxygen atoms in total. The number of nitrogens with one attached hydrogen (secondary N) is 1. The van der Waals surface area contributed by atoms with Gasteiger partial charge < -0.3 is 5.11 Å². The van der Waals surface area contributed by atoms with E-state index in [9.17, 15) is 18.7 Å². The number of halogens is 2. The predicted molar refractivity (Wildman–Crippen MR) is 117 cm³/mol. The minimum Gasteiger partial charge on any atom is -0.384 e. The predicted octanol–water partition coefficient (Wildman–Crippen LogP) is 3.82. The molecule has 0 bridgehead atoms. The fourth-order valence-corrected chi connectivity index (χ4v) is 8.59. The molecule has 5 rings (SSSR count). The third-order valence-corrected chi connectivity index (χ3v) is 10.2. The van der Waals surface area contributed by atoms with E-state index in [-0.39, 0.29) is 30.1 Å². The molecular weight excluding hydrogens is 414 g/mol. The second kappa shape index (κ2) is 7.90. The standard InChI is InChI=1S/C24H38F2N4O2/c1-14-27-28-29(3)30(14)13-21(31)20-7-6-19-18-5-4-15-12-24(32,22(25)26)11-9-16(15)17(18)8-10-23(19,20)2/h15-20,22,28,32H,4-13H2,1-3H3/t15-,16+,17-,18-,19+,20-,23+,24-/m1/s1. The van der Waals surface area contributed by atoms with Gasteiger partial charge in [0.1, 0.15) is 11.4 Å². The number of hydrogen-bond acceptors (Lipinski definition) is 6. The van der Waals surface area contributed by atoms with Crippen LogP contribution in [0.15, 0.2) is 5.10 Å². The van der Waals surface area contributed by atoms with Gasteiger partial charge in [0.2, 0.25) is 0 Å². The Hall–Kier alpha value is -1.28. The van der Waals surface area contributed by atoms with Crippen LogP contribution in [0.5, 0.6) is 0 Å². The van der Waals surface area contributed by atoms with Gasteiger partial charge >= 0.3 is 0 Å². The molecule has 180 valence electrons. The number of ketones is 1. The normalized spacial score (nSPS) is 46.3. The number of hydrogen-bond donors (Lipinski definition) is 2. The quantitative estimate of drug-likeness (QED) is 0.679. The summed E-state index contributed by atoms with van der Waals surface area (Å²) in [5, 5.41) is 18.3. The molecule has 0 spiro atoms. The van der Waals surface area contributed by atoms with Crippen molar-refractivity contribution in [3.8, 4) is 0 Å². The summed E-state index contributed by atoms with van der Waals surface area (Å²) in [5.41, 5.74) is 1.15. The molecule has 4 fully saturated rings. The van der Waals surface area contributed by atoms with Crippen LogP contribution in [0.4, 0.5) is 8.78 Å². The summed E-state index contributed by atoms with van der Waals surface area (Å²) >= 11 is 0. The maximum atomic E-state index is 13.4. The van der Waals surface area contributed by atoms with Crippen molar-refractivity contribution in [3.05, 3.63) is 0 Å². The van der Waals surface area contributed by atoms with Crippen LogP contribution in [-0.2, 0) is 4.79 Å². The molecule has 0 unspecified atom stereocenters. The van der Waals surface area contributed by atoms with E-state index < -0.39 is 12.0 Å². The first kappa shape index (κ1) is 22.5. The zero-order chi connectivity index (χ0) is 22.8. The summed E-state index contributed by atoms with van der Waals surface area (Å²) in [6.07, 6.45) is 4.82. The van der Waals surface area contributed by atoms with Gasteiger partial charge in [-0.3, -0.25) is 9.80 Å². The molecule has 32 heavy (non-hydrogen) atoms. The highest BCUT2D eigenvalue weighted by molar-refractivity contribution is 5.89. The Bertz CT molecular complexity index is 794. The van der Waals surface area contributed by atoms with Crippen molar-refractivity contribution < 1.29 is 18.7 Å². The summed E-state index contributed by atoms with van der Waals surface area (Å²) in [6.45, 7) is 4.61. The van der Waals surface area contributed by atoms with Gasteiger partial charge in [0, 0.05) is 13.0 Å². The minimum absolute atomic E-state index is 0.0419. The molecule has 0 aromatic heterocycles. The number of amidine groups is 1. The number of hydrazone groups is 1. The Morgan fingerprint density at radius 1 is 1.16 bits per heavy atom. The second-order valence-corrected chi connectivity index (χ2v) is 11.6. The topological polar surface area (TPSA) is 68.2 Å². The first-order valence-corrected chi connectivity index (χ1v) is 12.5. The van der Waals surface area contributed by atoms with Crippen molar-refractivity contribution in [1.29, 1.82) is 0 Å². The third kappa shape index (κ3) is 3.39. The molecule has 4 aliphatic carbocycles. The van der Waals surface area contributed by atoms with Gasteiger partial charge in [0.25, 0.3) is 6.43 Å². The fourth-order valence-electron chi connectivity index (χ4n) is 8.59. The van der Waals surface area contributed by atoms with E-state index in [0.717, 1.165) is 50.8 Å². The fraction of sp³-hybridized carbons (Fsp3) is 0.917. The zero-order valence-corrected chi connectivity index (χ0v) is 19.6. The lowest BCUT2D eigenvalue weighted by Gasteiger charge is -2.57. The van der Waals surface area contributed by atoms with E-state index in [1.54, 1.807) is 5.12 Å². The number of carbonyl (C=O) groups excluding carboxylic acids is 1. The lowest BCUT2D eigenvalue weighted by molar-refractivity contribution is -0.160. The van der Waals surface area contributed by atoms with Crippen molar-refractivity contribution >= 4 is 11.6 Å². The number of rotatable bonds is 4. The van der Waals surface area contributed by atoms with E-state index in [0.29, 0.717) is 36.0 Å². The van der Waals surface area contributed by atoms with Crippen molar-refractivity contribution in [3.63, 3.8) is 0 Å². The number of carbonyl (C=O) groups is 1. The Labute approximate surface area is 189 Å². The van der Waals surface area contributed by atoms with E-state index in [4.69, 9.17) is 0 Å². The Balaban J connectivity index is 1.28. The molecule has 8 heteroatoms. The van der Waals surface area contributed by atoms with Gasteiger partial charge in [-0.25, -0.2) is 14.3 Å². The van der Waals surface area contributed by atoms with Crippen molar-refractivity contribution in [1.82, 2.24) is 15.7 Å². The first-order valence-electron chi connectivity index (χ1n) is 12.5. The van der Waals surface area contributed by atoms with Crippen LogP contribution < -0.4 is 5.53 Å². The van der Waals surface area contributed by atoms with Gasteiger partial charge in [-0.2, -0.15) is 0 Å². The molecule has 0 radical (unpaired) electrons. The number of hydrazine groups is 2. The maximum Gasteiger partial charge on any atom is 0.266 e. The van der Waals surface area contributed by atoms with Crippen molar-refractivity contribution in [2.24, 2.45) is 46.0 Å². The molecule has 8 atom stereocenters. The first-order chi connectivity index (χ1) is 15.1. The van der Waals surface area contributed by atoms with Crippen molar-refractivity contribution in [2.75, 3.05) is 13.6 Å². The van der Waals surface area contributed by atoms with E-state index in [2.05, 4.69) is 17.6 Å². The van der Waals surface area contributed by atoms with Crippen LogP contribution >= 0.6 is 0 Å². The summed E-state index contributed by atoms with van der Waals surface area (Å²) < 4.78 is 26.9. The van der Waals surface area contributed by atoms with Crippen LogP contribution in [-0.4, -0.2) is 52.5 Å². The summed E-state index contributed by atoms with van der Waals surface area (Å²) in [5.74, 6) is 3.63. The van der Waals surface area contributed by atoms with E-state index >= 15 is 0 Å². The molecule has 0 saturated heterocycles. The van der Waals surface area contributed by atoms with Crippen LogP contribution in [0.3, 0.4) is 0 Å². The smallest absolute Gasteiger partial charge is 0.266 e. The molecule has 0 amide bonds. The molecule has 1 heterocycles. The van der Waals surface area contributed by atoms with Crippen LogP contribution in [0.25, 0.3) is 0 Å². The Morgan fingerprint density at radius 3 is 2.59 bits per heavy atom. The number of nitrogens with zero attached hydrogens (tertiary/aromatic N) is 3. The lowest BCUT2D eigenvalue weighted by Crippen LogP contribution is -2.53. The van der Waals surface area contributed by atoms with Gasteiger partial charge in [-0.1, -0.05) is 6.92 Å². The average molecular weight is 453 g/mol. The summed E-state index contributed by atoms with van der Waals surface area (Å²) in [4.78, 5) is 13.4. The summed E-state index contributed by atoms with van der Waals surface area (Å²) in [6, 6.07) is 0. The van der Waals surface area contributed by atoms with Gasteiger partial charge in [0.15, 0.2) is 5.78 Å². The van der Waals surface area contributed by atoms with Crippen LogP contribution in [0, 0.1) is 40.9 Å². The average Bonchev–Trinajstić information content (AvgIpc) is 3.27. The number of aliphatic hydroxyl groups is 1. The second-order valence-electron chi connectivity index (χ2n) is 11.6. The van der Waals surface area contributed by atoms with Gasteiger partial charge in [0.05, 0.1) is 6.54 Å². The summed E-state index contributed by atoms with van der Waals surface area (Å²) in [7, 11) is 1.87. The largest absolute Gasteiger partial charge is 0.384 e. The Kier molecular flexibility index (Phi) is 5.55. The van der Waals surface area contributed by atoms with Crippen LogP contribution in [0.1, 0.15) is 71.6 Å². The molecule has 4 saturated carbocycles.